The summed E-state index contributed by atoms with van der Waals surface area (Å²) in [4.78, 5) is 0. The monoisotopic (exact) mass is 198 g/mol. The molecule has 0 bridgehead atoms. The molecule has 0 spiro atoms. The third-order valence-electron chi connectivity index (χ3n) is 2.17. The van der Waals surface area contributed by atoms with E-state index in [1.807, 2.05) is 0 Å². The van der Waals surface area contributed by atoms with E-state index >= 15 is 0 Å². The summed E-state index contributed by atoms with van der Waals surface area (Å²) in [5.41, 5.74) is -0.371. The van der Waals surface area contributed by atoms with E-state index < -0.39 is 0 Å². The number of nitrogens with one attached hydrogen (secondary N) is 1. The lowest BCUT2D eigenvalue weighted by molar-refractivity contribution is 0.0492. The second-order valence-corrected chi connectivity index (χ2v) is 4.68. The van der Waals surface area contributed by atoms with Crippen LogP contribution in [0.15, 0.2) is 0 Å². The maximum atomic E-state index is 9.14. The molecule has 0 unspecified atom stereocenters. The van der Waals surface area contributed by atoms with Gasteiger partial charge in [-0.3, -0.25) is 5.32 Å². The Bertz CT molecular complexity index is 206. The summed E-state index contributed by atoms with van der Waals surface area (Å²) in [6, 6.07) is 2.38. The van der Waals surface area contributed by atoms with Crippen molar-refractivity contribution in [1.82, 2.24) is 5.32 Å². The van der Waals surface area contributed by atoms with E-state index in [0.717, 1.165) is 12.8 Å². The number of hydrogen-bond donors (Lipinski definition) is 1. The van der Waals surface area contributed by atoms with Crippen LogP contribution in [-0.4, -0.2) is 24.3 Å². The third kappa shape index (κ3) is 3.65. The first-order valence-corrected chi connectivity index (χ1v) is 4.76. The molecule has 0 radical (unpaired) electrons. The van der Waals surface area contributed by atoms with Gasteiger partial charge in [-0.15, -0.1) is 0 Å². The minimum Gasteiger partial charge on any atom is -0.381 e. The van der Waals surface area contributed by atoms with Gasteiger partial charge in [0.15, 0.2) is 0 Å². The molecule has 0 aromatic heterocycles. The van der Waals surface area contributed by atoms with Gasteiger partial charge in [0.2, 0.25) is 0 Å². The van der Waals surface area contributed by atoms with Crippen LogP contribution in [0.5, 0.6) is 0 Å². The van der Waals surface area contributed by atoms with E-state index in [0.29, 0.717) is 13.2 Å². The first-order chi connectivity index (χ1) is 5.97. The fraction of sp³-hybridized carbons (Fsp3) is 0.909. The molecule has 1 aliphatic heterocycles. The van der Waals surface area contributed by atoms with Crippen molar-refractivity contribution in [1.29, 1.82) is 5.26 Å². The van der Waals surface area contributed by atoms with Crippen molar-refractivity contribution in [3.63, 3.8) is 0 Å². The van der Waals surface area contributed by atoms with Crippen molar-refractivity contribution in [3.8, 4) is 6.07 Å². The fourth-order valence-corrected chi connectivity index (χ4v) is 1.70. The van der Waals surface area contributed by atoms with Gasteiger partial charge in [0.1, 0.15) is 5.54 Å². The molecule has 1 heterocycles. The minimum absolute atomic E-state index is 0. The van der Waals surface area contributed by atoms with Gasteiger partial charge < -0.3 is 4.74 Å². The first-order valence-electron chi connectivity index (χ1n) is 4.76. The second kappa shape index (κ2) is 4.77. The lowest BCUT2D eigenvalue weighted by atomic mass is 9.89. The molecule has 1 rings (SSSR count). The number of nitriles is 1. The molecule has 3 heteroatoms. The largest absolute Gasteiger partial charge is 0.381 e. The Morgan fingerprint density at radius 1 is 1.29 bits per heavy atom. The standard InChI is InChI=1S/C10H18N2O.CH4/c1-9(2,3)12-10(8-11)4-6-13-7-5-10;/h12H,4-7H2,1-3H3;1H4. The average Bonchev–Trinajstić information content (AvgIpc) is 2.03. The number of ether oxygens (including phenoxy) is 1. The Labute approximate surface area is 87.4 Å². The first kappa shape index (κ1) is 13.4. The predicted octanol–water partition coefficient (Wildman–Crippen LogP) is 2.08. The van der Waals surface area contributed by atoms with Crippen molar-refractivity contribution >= 4 is 0 Å². The van der Waals surface area contributed by atoms with E-state index in [1.165, 1.54) is 0 Å². The van der Waals surface area contributed by atoms with Crippen molar-refractivity contribution in [3.05, 3.63) is 0 Å². The molecule has 1 fully saturated rings. The predicted molar refractivity (Wildman–Crippen MR) is 58.0 cm³/mol. The summed E-state index contributed by atoms with van der Waals surface area (Å²) in [7, 11) is 0. The van der Waals surface area contributed by atoms with Gasteiger partial charge >= 0.3 is 0 Å². The fourth-order valence-electron chi connectivity index (χ4n) is 1.70. The smallest absolute Gasteiger partial charge is 0.111 e. The summed E-state index contributed by atoms with van der Waals surface area (Å²) in [5, 5.41) is 12.5. The highest BCUT2D eigenvalue weighted by Crippen LogP contribution is 2.22. The molecular formula is C11H22N2O. The van der Waals surface area contributed by atoms with Crippen molar-refractivity contribution in [2.24, 2.45) is 0 Å². The average molecular weight is 198 g/mol. The topological polar surface area (TPSA) is 45.0 Å². The van der Waals surface area contributed by atoms with Crippen molar-refractivity contribution in [2.75, 3.05) is 13.2 Å². The number of nitrogens with zero attached hydrogens (tertiary/aromatic N) is 1. The van der Waals surface area contributed by atoms with Crippen LogP contribution in [0.4, 0.5) is 0 Å². The Morgan fingerprint density at radius 3 is 2.14 bits per heavy atom. The van der Waals surface area contributed by atoms with Crippen molar-refractivity contribution < 1.29 is 4.74 Å². The molecule has 3 nitrogen and oxygen atoms in total. The molecule has 0 aliphatic carbocycles. The summed E-state index contributed by atoms with van der Waals surface area (Å²) < 4.78 is 5.25. The van der Waals surface area contributed by atoms with E-state index in [2.05, 4.69) is 32.2 Å². The maximum Gasteiger partial charge on any atom is 0.111 e. The van der Waals surface area contributed by atoms with Crippen LogP contribution in [0.1, 0.15) is 41.0 Å². The minimum atomic E-state index is -0.365. The van der Waals surface area contributed by atoms with Crippen molar-refractivity contribution in [2.45, 2.75) is 52.1 Å². The zero-order valence-electron chi connectivity index (χ0n) is 8.68. The number of rotatable bonds is 1. The summed E-state index contributed by atoms with van der Waals surface area (Å²) >= 11 is 0. The van der Waals surface area contributed by atoms with Gasteiger partial charge in [-0.25, -0.2) is 0 Å². The van der Waals surface area contributed by atoms with Crippen LogP contribution in [0.25, 0.3) is 0 Å². The van der Waals surface area contributed by atoms with Gasteiger partial charge in [0.05, 0.1) is 6.07 Å². The van der Waals surface area contributed by atoms with Gasteiger partial charge in [-0.1, -0.05) is 7.43 Å². The van der Waals surface area contributed by atoms with Crippen LogP contribution in [0.2, 0.25) is 0 Å². The lowest BCUT2D eigenvalue weighted by Crippen LogP contribution is -2.55. The third-order valence-corrected chi connectivity index (χ3v) is 2.17. The molecule has 1 N–H and O–H groups in total. The molecule has 0 aromatic carbocycles. The number of hydrogen-bond acceptors (Lipinski definition) is 3. The summed E-state index contributed by atoms with van der Waals surface area (Å²) in [6.45, 7) is 7.64. The normalized spacial score (nSPS) is 20.7. The van der Waals surface area contributed by atoms with Gasteiger partial charge in [0, 0.05) is 31.6 Å². The SMILES string of the molecule is C.CC(C)(C)NC1(C#N)CCOCC1. The van der Waals surface area contributed by atoms with E-state index in [-0.39, 0.29) is 18.5 Å². The molecule has 14 heavy (non-hydrogen) atoms. The van der Waals surface area contributed by atoms with Crippen LogP contribution in [0.3, 0.4) is 0 Å². The highest BCUT2D eigenvalue weighted by atomic mass is 16.5. The zero-order valence-corrected chi connectivity index (χ0v) is 8.68. The molecule has 82 valence electrons. The molecule has 0 amide bonds. The summed E-state index contributed by atoms with van der Waals surface area (Å²) in [6.07, 6.45) is 1.58. The Hall–Kier alpha value is -0.590. The summed E-state index contributed by atoms with van der Waals surface area (Å²) in [5.74, 6) is 0. The van der Waals surface area contributed by atoms with E-state index in [9.17, 15) is 0 Å². The maximum absolute atomic E-state index is 9.14. The highest BCUT2D eigenvalue weighted by molar-refractivity contribution is 5.10. The van der Waals surface area contributed by atoms with E-state index in [4.69, 9.17) is 10.00 Å². The van der Waals surface area contributed by atoms with E-state index in [1.54, 1.807) is 0 Å². The van der Waals surface area contributed by atoms with Crippen LogP contribution in [0, 0.1) is 11.3 Å². The quantitative estimate of drug-likeness (QED) is 0.701. The molecular weight excluding hydrogens is 176 g/mol. The molecule has 0 atom stereocenters. The molecule has 0 aromatic rings. The lowest BCUT2D eigenvalue weighted by Gasteiger charge is -2.37. The molecule has 1 aliphatic rings. The van der Waals surface area contributed by atoms with Gasteiger partial charge in [0.25, 0.3) is 0 Å². The van der Waals surface area contributed by atoms with Gasteiger partial charge in [-0.05, 0) is 20.8 Å². The van der Waals surface area contributed by atoms with Gasteiger partial charge in [-0.2, -0.15) is 5.26 Å². The molecule has 0 saturated carbocycles. The van der Waals surface area contributed by atoms with Crippen LogP contribution in [-0.2, 0) is 4.74 Å². The Kier molecular flexibility index (Phi) is 4.57. The zero-order chi connectivity index (χ0) is 9.95. The Balaban J connectivity index is 0.00000169. The Morgan fingerprint density at radius 2 is 1.79 bits per heavy atom. The van der Waals surface area contributed by atoms with Crippen LogP contribution >= 0.6 is 0 Å². The highest BCUT2D eigenvalue weighted by Gasteiger charge is 2.35. The van der Waals surface area contributed by atoms with Crippen LogP contribution < -0.4 is 5.32 Å². The molecule has 1 saturated heterocycles. The second-order valence-electron chi connectivity index (χ2n) is 4.68.